The van der Waals surface area contributed by atoms with Crippen molar-refractivity contribution < 1.29 is 13.9 Å². The molecule has 3 aromatic carbocycles. The fraction of sp³-hybridized carbons (Fsp3) is 0.111. The van der Waals surface area contributed by atoms with Gasteiger partial charge in [-0.25, -0.2) is 13.9 Å². The van der Waals surface area contributed by atoms with Gasteiger partial charge in [-0.15, -0.1) is 0 Å². The second kappa shape index (κ2) is 8.19. The standard InChI is InChI=1S/C27H21FN2O4/c1-16-22(26(32)30(29(16)2)19-8-4-3-5-9-19)23(17-12-14-18(28)15-13-17)24-25(31)20-10-6-7-11-21(20)34-27(24)33/h3-15,23,31H,1-2H3/t23-/m1/s1. The first-order valence-corrected chi connectivity index (χ1v) is 10.7. The van der Waals surface area contributed by atoms with E-state index in [0.29, 0.717) is 22.3 Å². The Hall–Kier alpha value is -4.39. The quantitative estimate of drug-likeness (QED) is 0.401. The van der Waals surface area contributed by atoms with Crippen molar-refractivity contribution in [1.82, 2.24) is 9.36 Å². The summed E-state index contributed by atoms with van der Waals surface area (Å²) in [5.41, 5.74) is 1.05. The number of benzene rings is 3. The van der Waals surface area contributed by atoms with E-state index in [9.17, 15) is 19.1 Å². The Labute approximate surface area is 193 Å². The van der Waals surface area contributed by atoms with Crippen LogP contribution in [-0.4, -0.2) is 14.5 Å². The maximum Gasteiger partial charge on any atom is 0.344 e. The average molecular weight is 456 g/mol. The number of hydrogen-bond donors (Lipinski definition) is 1. The lowest BCUT2D eigenvalue weighted by Gasteiger charge is -2.18. The number of para-hydroxylation sites is 2. The van der Waals surface area contributed by atoms with Crippen molar-refractivity contribution in [3.05, 3.63) is 128 Å². The van der Waals surface area contributed by atoms with Gasteiger partial charge in [0.2, 0.25) is 0 Å². The maximum atomic E-state index is 13.8. The molecule has 0 aliphatic rings. The molecule has 1 atom stereocenters. The van der Waals surface area contributed by atoms with Crippen LogP contribution in [0.4, 0.5) is 4.39 Å². The number of aromatic hydroxyl groups is 1. The molecule has 170 valence electrons. The second-order valence-corrected chi connectivity index (χ2v) is 8.11. The van der Waals surface area contributed by atoms with Crippen LogP contribution in [0.25, 0.3) is 16.7 Å². The summed E-state index contributed by atoms with van der Waals surface area (Å²) in [6, 6.07) is 21.3. The van der Waals surface area contributed by atoms with Gasteiger partial charge in [0.15, 0.2) is 0 Å². The van der Waals surface area contributed by atoms with Crippen LogP contribution in [0.2, 0.25) is 0 Å². The molecular weight excluding hydrogens is 435 g/mol. The first kappa shape index (κ1) is 21.5. The largest absolute Gasteiger partial charge is 0.507 e. The molecule has 2 aromatic heterocycles. The zero-order valence-electron chi connectivity index (χ0n) is 18.5. The molecule has 0 radical (unpaired) electrons. The molecule has 0 aliphatic carbocycles. The van der Waals surface area contributed by atoms with Gasteiger partial charge in [0.25, 0.3) is 5.56 Å². The highest BCUT2D eigenvalue weighted by Crippen LogP contribution is 2.38. The van der Waals surface area contributed by atoms with Crippen LogP contribution < -0.4 is 11.2 Å². The normalized spacial score (nSPS) is 12.2. The molecule has 0 aliphatic heterocycles. The molecule has 1 N–H and O–H groups in total. The third kappa shape index (κ3) is 3.33. The number of rotatable bonds is 4. The summed E-state index contributed by atoms with van der Waals surface area (Å²) < 4.78 is 22.5. The Morgan fingerprint density at radius 1 is 0.882 bits per heavy atom. The SMILES string of the molecule is Cc1c([C@@H](c2ccc(F)cc2)c2c(O)c3ccccc3oc2=O)c(=O)n(-c2ccccc2)n1C. The number of aromatic nitrogens is 2. The molecule has 0 saturated carbocycles. The Morgan fingerprint density at radius 2 is 1.53 bits per heavy atom. The highest BCUT2D eigenvalue weighted by molar-refractivity contribution is 5.84. The van der Waals surface area contributed by atoms with Gasteiger partial charge in [-0.05, 0) is 48.9 Å². The molecule has 5 aromatic rings. The molecule has 0 saturated heterocycles. The Kier molecular flexibility index (Phi) is 5.17. The van der Waals surface area contributed by atoms with Crippen LogP contribution in [0.5, 0.6) is 5.75 Å². The van der Waals surface area contributed by atoms with Crippen LogP contribution in [0.15, 0.2) is 92.9 Å². The molecular formula is C27H21FN2O4. The molecule has 0 bridgehead atoms. The van der Waals surface area contributed by atoms with Gasteiger partial charge in [0.1, 0.15) is 17.1 Å². The zero-order chi connectivity index (χ0) is 24.0. The lowest BCUT2D eigenvalue weighted by Crippen LogP contribution is -2.24. The van der Waals surface area contributed by atoms with Crippen LogP contribution >= 0.6 is 0 Å². The molecule has 6 nitrogen and oxygen atoms in total. The molecule has 34 heavy (non-hydrogen) atoms. The third-order valence-electron chi connectivity index (χ3n) is 6.20. The van der Waals surface area contributed by atoms with E-state index in [2.05, 4.69) is 0 Å². The smallest absolute Gasteiger partial charge is 0.344 e. The number of hydrogen-bond acceptors (Lipinski definition) is 4. The van der Waals surface area contributed by atoms with Gasteiger partial charge in [-0.1, -0.05) is 42.5 Å². The summed E-state index contributed by atoms with van der Waals surface area (Å²) in [6.07, 6.45) is 0. The first-order chi connectivity index (χ1) is 16.4. The van der Waals surface area contributed by atoms with Gasteiger partial charge in [0, 0.05) is 12.7 Å². The molecule has 0 unspecified atom stereocenters. The maximum absolute atomic E-state index is 13.8. The van der Waals surface area contributed by atoms with Gasteiger partial charge >= 0.3 is 5.63 Å². The van der Waals surface area contributed by atoms with Crippen molar-refractivity contribution in [2.45, 2.75) is 12.8 Å². The predicted molar refractivity (Wildman–Crippen MR) is 127 cm³/mol. The lowest BCUT2D eigenvalue weighted by molar-refractivity contribution is 0.455. The summed E-state index contributed by atoms with van der Waals surface area (Å²) in [5.74, 6) is -1.70. The summed E-state index contributed by atoms with van der Waals surface area (Å²) >= 11 is 0. The van der Waals surface area contributed by atoms with Crippen molar-refractivity contribution >= 4 is 11.0 Å². The third-order valence-corrected chi connectivity index (χ3v) is 6.20. The van der Waals surface area contributed by atoms with E-state index < -0.39 is 17.4 Å². The van der Waals surface area contributed by atoms with E-state index in [1.165, 1.54) is 28.9 Å². The minimum Gasteiger partial charge on any atom is -0.507 e. The van der Waals surface area contributed by atoms with E-state index in [-0.39, 0.29) is 28.0 Å². The Balaban J connectivity index is 1.87. The number of halogens is 1. The van der Waals surface area contributed by atoms with E-state index in [1.54, 1.807) is 55.1 Å². The van der Waals surface area contributed by atoms with Gasteiger partial charge in [-0.3, -0.25) is 9.48 Å². The van der Waals surface area contributed by atoms with Crippen LogP contribution in [-0.2, 0) is 7.05 Å². The topological polar surface area (TPSA) is 77.4 Å². The number of nitrogens with zero attached hydrogens (tertiary/aromatic N) is 2. The van der Waals surface area contributed by atoms with Gasteiger partial charge < -0.3 is 9.52 Å². The van der Waals surface area contributed by atoms with Crippen molar-refractivity contribution in [3.63, 3.8) is 0 Å². The average Bonchev–Trinajstić information content (AvgIpc) is 3.06. The van der Waals surface area contributed by atoms with Crippen molar-refractivity contribution in [2.75, 3.05) is 0 Å². The van der Waals surface area contributed by atoms with E-state index in [1.807, 2.05) is 18.2 Å². The minimum absolute atomic E-state index is 0.0729. The summed E-state index contributed by atoms with van der Waals surface area (Å²) in [5, 5.41) is 11.6. The molecule has 5 rings (SSSR count). The summed E-state index contributed by atoms with van der Waals surface area (Å²) in [6.45, 7) is 1.77. The van der Waals surface area contributed by atoms with Gasteiger partial charge in [0.05, 0.1) is 28.1 Å². The monoisotopic (exact) mass is 456 g/mol. The highest BCUT2D eigenvalue weighted by Gasteiger charge is 2.32. The molecule has 0 spiro atoms. The van der Waals surface area contributed by atoms with E-state index in [0.717, 1.165) is 0 Å². The van der Waals surface area contributed by atoms with E-state index in [4.69, 9.17) is 4.42 Å². The molecule has 7 heteroatoms. The van der Waals surface area contributed by atoms with Crippen molar-refractivity contribution in [2.24, 2.45) is 7.05 Å². The zero-order valence-corrected chi connectivity index (χ0v) is 18.5. The Morgan fingerprint density at radius 3 is 2.24 bits per heavy atom. The molecule has 0 fully saturated rings. The fourth-order valence-corrected chi connectivity index (χ4v) is 4.46. The van der Waals surface area contributed by atoms with Crippen LogP contribution in [0, 0.1) is 12.7 Å². The molecule has 2 heterocycles. The molecule has 0 amide bonds. The van der Waals surface area contributed by atoms with Gasteiger partial charge in [-0.2, -0.15) is 0 Å². The highest BCUT2D eigenvalue weighted by atomic mass is 19.1. The van der Waals surface area contributed by atoms with E-state index >= 15 is 0 Å². The summed E-state index contributed by atoms with van der Waals surface area (Å²) in [4.78, 5) is 27.0. The van der Waals surface area contributed by atoms with Crippen molar-refractivity contribution in [1.29, 1.82) is 0 Å². The predicted octanol–water partition coefficient (Wildman–Crippen LogP) is 4.62. The summed E-state index contributed by atoms with van der Waals surface area (Å²) in [7, 11) is 1.75. The van der Waals surface area contributed by atoms with Crippen LogP contribution in [0.3, 0.4) is 0 Å². The first-order valence-electron chi connectivity index (χ1n) is 10.7. The van der Waals surface area contributed by atoms with Crippen molar-refractivity contribution in [3.8, 4) is 11.4 Å². The minimum atomic E-state index is -0.981. The van der Waals surface area contributed by atoms with Crippen LogP contribution in [0.1, 0.15) is 28.3 Å². The lowest BCUT2D eigenvalue weighted by atomic mass is 9.85. The fourth-order valence-electron chi connectivity index (χ4n) is 4.46. The second-order valence-electron chi connectivity index (χ2n) is 8.11. The number of fused-ring (bicyclic) bond motifs is 1. The Bertz CT molecular complexity index is 1630.